The van der Waals surface area contributed by atoms with Crippen LogP contribution in [0.25, 0.3) is 0 Å². The molecule has 0 aliphatic carbocycles. The second kappa shape index (κ2) is 5.00. The Morgan fingerprint density at radius 2 is 1.42 bits per heavy atom. The molecule has 2 saturated heterocycles. The van der Waals surface area contributed by atoms with Gasteiger partial charge in [-0.3, -0.25) is 0 Å². The summed E-state index contributed by atoms with van der Waals surface area (Å²) in [5.74, 6) is 0. The molecule has 100 valence electrons. The van der Waals surface area contributed by atoms with Crippen molar-refractivity contribution < 1.29 is 14.2 Å². The molecule has 4 rings (SSSR count). The zero-order valence-corrected chi connectivity index (χ0v) is 11.9. The Morgan fingerprint density at radius 1 is 0.947 bits per heavy atom. The third kappa shape index (κ3) is 2.61. The average molecular weight is 294 g/mol. The highest BCUT2D eigenvalue weighted by Gasteiger charge is 2.42. The fourth-order valence-electron chi connectivity index (χ4n) is 2.25. The van der Waals surface area contributed by atoms with Crippen LogP contribution in [-0.2, 0) is 14.2 Å². The highest BCUT2D eigenvalue weighted by atomic mass is 32.1. The fraction of sp³-hybridized carbons (Fsp3) is 0.429. The van der Waals surface area contributed by atoms with Gasteiger partial charge < -0.3 is 14.2 Å². The molecule has 19 heavy (non-hydrogen) atoms. The lowest BCUT2D eigenvalue weighted by Gasteiger charge is -2.22. The van der Waals surface area contributed by atoms with Gasteiger partial charge in [0.15, 0.2) is 0 Å². The monoisotopic (exact) mass is 294 g/mol. The quantitative estimate of drug-likeness (QED) is 0.766. The van der Waals surface area contributed by atoms with Crippen molar-refractivity contribution in [3.05, 3.63) is 44.8 Å². The molecule has 2 aliphatic rings. The molecule has 0 saturated carbocycles. The van der Waals surface area contributed by atoms with Crippen LogP contribution in [0.2, 0.25) is 0 Å². The molecule has 0 aromatic carbocycles. The summed E-state index contributed by atoms with van der Waals surface area (Å²) in [6.45, 7) is 1.59. The van der Waals surface area contributed by atoms with Gasteiger partial charge >= 0.3 is 0 Å². The summed E-state index contributed by atoms with van der Waals surface area (Å²) in [6.07, 6.45) is 0.463. The molecule has 2 aromatic rings. The summed E-state index contributed by atoms with van der Waals surface area (Å²) >= 11 is 3.39. The summed E-state index contributed by atoms with van der Waals surface area (Å²) in [5.41, 5.74) is 2.43. The minimum Gasteiger partial charge on any atom is -0.370 e. The van der Waals surface area contributed by atoms with Gasteiger partial charge in [-0.2, -0.15) is 22.7 Å². The molecule has 2 aromatic heterocycles. The number of epoxide rings is 2. The third-order valence-electron chi connectivity index (χ3n) is 3.43. The zero-order chi connectivity index (χ0) is 12.7. The molecular weight excluding hydrogens is 280 g/mol. The number of thiophene rings is 2. The van der Waals surface area contributed by atoms with Crippen LogP contribution in [-0.4, -0.2) is 25.4 Å². The maximum absolute atomic E-state index is 6.35. The molecule has 4 atom stereocenters. The summed E-state index contributed by atoms with van der Waals surface area (Å²) in [7, 11) is 0. The first-order valence-electron chi connectivity index (χ1n) is 6.34. The number of hydrogen-bond donors (Lipinski definition) is 0. The summed E-state index contributed by atoms with van der Waals surface area (Å²) < 4.78 is 17.3. The molecule has 0 N–H and O–H groups in total. The van der Waals surface area contributed by atoms with E-state index in [0.717, 1.165) is 13.2 Å². The Hall–Kier alpha value is -0.720. The molecule has 4 unspecified atom stereocenters. The molecule has 0 amide bonds. The van der Waals surface area contributed by atoms with Crippen LogP contribution in [0.1, 0.15) is 23.3 Å². The van der Waals surface area contributed by atoms with Gasteiger partial charge in [-0.25, -0.2) is 0 Å². The van der Waals surface area contributed by atoms with E-state index in [4.69, 9.17) is 14.2 Å². The van der Waals surface area contributed by atoms with Crippen molar-refractivity contribution in [3.63, 3.8) is 0 Å². The molecule has 5 heteroatoms. The Kier molecular flexibility index (Phi) is 3.17. The maximum Gasteiger partial charge on any atom is 0.113 e. The topological polar surface area (TPSA) is 34.3 Å². The Bertz CT molecular complexity index is 467. The van der Waals surface area contributed by atoms with Crippen molar-refractivity contribution in [2.75, 3.05) is 13.2 Å². The zero-order valence-electron chi connectivity index (χ0n) is 10.2. The van der Waals surface area contributed by atoms with Gasteiger partial charge in [0, 0.05) is 0 Å². The van der Waals surface area contributed by atoms with Gasteiger partial charge in [0.25, 0.3) is 0 Å². The Morgan fingerprint density at radius 3 is 1.74 bits per heavy atom. The van der Waals surface area contributed by atoms with Gasteiger partial charge in [-0.1, -0.05) is 0 Å². The number of rotatable bonds is 6. The van der Waals surface area contributed by atoms with Crippen LogP contribution in [0.3, 0.4) is 0 Å². The lowest BCUT2D eigenvalue weighted by molar-refractivity contribution is -0.0415. The van der Waals surface area contributed by atoms with Gasteiger partial charge in [0.2, 0.25) is 0 Å². The van der Waals surface area contributed by atoms with Crippen molar-refractivity contribution in [1.82, 2.24) is 0 Å². The van der Waals surface area contributed by atoms with E-state index >= 15 is 0 Å². The van der Waals surface area contributed by atoms with Gasteiger partial charge in [-0.05, 0) is 44.8 Å². The number of hydrogen-bond acceptors (Lipinski definition) is 5. The Labute approximate surface area is 119 Å². The largest absolute Gasteiger partial charge is 0.370 e. The van der Waals surface area contributed by atoms with Crippen LogP contribution in [0.15, 0.2) is 33.7 Å². The second-order valence-corrected chi connectivity index (χ2v) is 6.39. The van der Waals surface area contributed by atoms with E-state index in [-0.39, 0.29) is 24.4 Å². The molecule has 2 fully saturated rings. The standard InChI is InChI=1S/C14H14O3S2/c1-3-18-7-9(1)13(11-5-15-11)17-14(12-6-16-12)10-2-4-19-8-10/h1-4,7-8,11-14H,5-6H2. The first-order valence-corrected chi connectivity index (χ1v) is 8.23. The maximum atomic E-state index is 6.35. The normalized spacial score (nSPS) is 28.0. The fourth-order valence-corrected chi connectivity index (χ4v) is 3.62. The van der Waals surface area contributed by atoms with Gasteiger partial charge in [0.1, 0.15) is 24.4 Å². The van der Waals surface area contributed by atoms with E-state index < -0.39 is 0 Å². The minimum atomic E-state index is 0.0281. The third-order valence-corrected chi connectivity index (χ3v) is 4.83. The van der Waals surface area contributed by atoms with E-state index in [0.29, 0.717) is 0 Å². The average Bonchev–Trinajstić information content (AvgIpc) is 3.32. The first-order chi connectivity index (χ1) is 9.42. The molecule has 0 bridgehead atoms. The molecule has 4 heterocycles. The van der Waals surface area contributed by atoms with Crippen molar-refractivity contribution in [3.8, 4) is 0 Å². The predicted octanol–water partition coefficient (Wildman–Crippen LogP) is 3.41. The highest BCUT2D eigenvalue weighted by molar-refractivity contribution is 7.08. The van der Waals surface area contributed by atoms with Gasteiger partial charge in [0.05, 0.1) is 13.2 Å². The lowest BCUT2D eigenvalue weighted by atomic mass is 10.1. The van der Waals surface area contributed by atoms with Crippen molar-refractivity contribution in [2.24, 2.45) is 0 Å². The van der Waals surface area contributed by atoms with E-state index in [1.54, 1.807) is 22.7 Å². The second-order valence-electron chi connectivity index (χ2n) is 4.83. The van der Waals surface area contributed by atoms with E-state index in [2.05, 4.69) is 33.7 Å². The molecule has 0 radical (unpaired) electrons. The Balaban J connectivity index is 1.56. The predicted molar refractivity (Wildman–Crippen MR) is 74.7 cm³/mol. The SMILES string of the molecule is c1cc(C(OC(c2ccsc2)C2CO2)C2CO2)cs1. The van der Waals surface area contributed by atoms with Crippen LogP contribution < -0.4 is 0 Å². The van der Waals surface area contributed by atoms with E-state index in [9.17, 15) is 0 Å². The van der Waals surface area contributed by atoms with Gasteiger partial charge in [-0.15, -0.1) is 0 Å². The molecular formula is C14H14O3S2. The van der Waals surface area contributed by atoms with Crippen LogP contribution >= 0.6 is 22.7 Å². The lowest BCUT2D eigenvalue weighted by Crippen LogP contribution is -2.18. The number of ether oxygens (including phenoxy) is 3. The van der Waals surface area contributed by atoms with Crippen LogP contribution in [0.5, 0.6) is 0 Å². The first kappa shape index (κ1) is 12.1. The highest BCUT2D eigenvalue weighted by Crippen LogP contribution is 2.41. The molecule has 3 nitrogen and oxygen atoms in total. The van der Waals surface area contributed by atoms with E-state index in [1.807, 2.05) is 0 Å². The van der Waals surface area contributed by atoms with E-state index in [1.165, 1.54) is 11.1 Å². The summed E-state index contributed by atoms with van der Waals surface area (Å²) in [4.78, 5) is 0. The minimum absolute atomic E-state index is 0.0281. The molecule has 0 spiro atoms. The summed E-state index contributed by atoms with van der Waals surface area (Å²) in [5, 5.41) is 8.46. The van der Waals surface area contributed by atoms with Crippen molar-refractivity contribution >= 4 is 22.7 Å². The van der Waals surface area contributed by atoms with Crippen molar-refractivity contribution in [2.45, 2.75) is 24.4 Å². The smallest absolute Gasteiger partial charge is 0.113 e. The van der Waals surface area contributed by atoms with Crippen LogP contribution in [0.4, 0.5) is 0 Å². The van der Waals surface area contributed by atoms with Crippen LogP contribution in [0, 0.1) is 0 Å². The van der Waals surface area contributed by atoms with Crippen molar-refractivity contribution in [1.29, 1.82) is 0 Å². The summed E-state index contributed by atoms with van der Waals surface area (Å²) in [6, 6.07) is 4.24. The molecule has 2 aliphatic heterocycles.